The lowest BCUT2D eigenvalue weighted by atomic mass is 9.99. The van der Waals surface area contributed by atoms with Crippen molar-refractivity contribution in [3.63, 3.8) is 0 Å². The Morgan fingerprint density at radius 3 is 2.52 bits per heavy atom. The normalized spacial score (nSPS) is 10.8. The molecule has 0 saturated heterocycles. The molecule has 3 rings (SSSR count). The zero-order chi connectivity index (χ0) is 15.0. The lowest BCUT2D eigenvalue weighted by molar-refractivity contribution is 0.436. The minimum Gasteiger partial charge on any atom is -0.380 e. The molecule has 0 atom stereocenters. The van der Waals surface area contributed by atoms with Crippen molar-refractivity contribution < 1.29 is 8.91 Å². The summed E-state index contributed by atoms with van der Waals surface area (Å²) in [6, 6.07) is 11.5. The summed E-state index contributed by atoms with van der Waals surface area (Å²) in [6.07, 6.45) is 0. The number of aromatic nitrogens is 1. The zero-order valence-electron chi connectivity index (χ0n) is 11.2. The third-order valence-electron chi connectivity index (χ3n) is 3.28. The summed E-state index contributed by atoms with van der Waals surface area (Å²) >= 11 is 5.97. The number of rotatable bonds is 2. The van der Waals surface area contributed by atoms with Gasteiger partial charge in [0.2, 0.25) is 0 Å². The number of aryl methyl sites for hydroxylation is 1. The third-order valence-corrected chi connectivity index (χ3v) is 3.52. The Balaban J connectivity index is 2.19. The van der Waals surface area contributed by atoms with E-state index in [1.807, 2.05) is 19.1 Å². The minimum atomic E-state index is -0.307. The van der Waals surface area contributed by atoms with Crippen molar-refractivity contribution in [2.45, 2.75) is 6.92 Å². The molecule has 5 heteroatoms. The van der Waals surface area contributed by atoms with Crippen LogP contribution in [-0.2, 0) is 0 Å². The van der Waals surface area contributed by atoms with Crippen LogP contribution in [0, 0.1) is 12.7 Å². The third kappa shape index (κ3) is 2.50. The molecule has 3 aromatic rings. The maximum atomic E-state index is 13.1. The molecule has 0 amide bonds. The quantitative estimate of drug-likeness (QED) is 0.747. The van der Waals surface area contributed by atoms with Gasteiger partial charge in [0.15, 0.2) is 11.6 Å². The first-order valence-electron chi connectivity index (χ1n) is 6.34. The zero-order valence-corrected chi connectivity index (χ0v) is 12.0. The highest BCUT2D eigenvalue weighted by Gasteiger charge is 2.19. The smallest absolute Gasteiger partial charge is 0.177 e. The van der Waals surface area contributed by atoms with Gasteiger partial charge >= 0.3 is 0 Å². The van der Waals surface area contributed by atoms with Crippen molar-refractivity contribution in [2.24, 2.45) is 0 Å². The van der Waals surface area contributed by atoms with Gasteiger partial charge in [0.25, 0.3) is 0 Å². The van der Waals surface area contributed by atoms with E-state index in [9.17, 15) is 4.39 Å². The maximum absolute atomic E-state index is 13.1. The molecular formula is C16H12ClFN2O. The van der Waals surface area contributed by atoms with E-state index in [0.717, 1.165) is 16.7 Å². The first-order valence-corrected chi connectivity index (χ1v) is 6.71. The first-order chi connectivity index (χ1) is 10.1. The molecule has 1 aromatic heterocycles. The van der Waals surface area contributed by atoms with E-state index in [1.54, 1.807) is 18.2 Å². The number of hydrogen-bond donors (Lipinski definition) is 1. The number of anilines is 1. The van der Waals surface area contributed by atoms with Crippen LogP contribution in [0.1, 0.15) is 5.56 Å². The molecule has 0 aliphatic heterocycles. The maximum Gasteiger partial charge on any atom is 0.177 e. The summed E-state index contributed by atoms with van der Waals surface area (Å²) in [5.74, 6) is 0.511. The van der Waals surface area contributed by atoms with Crippen molar-refractivity contribution in [3.8, 4) is 22.5 Å². The number of halogens is 2. The van der Waals surface area contributed by atoms with Crippen molar-refractivity contribution in [1.82, 2.24) is 5.16 Å². The predicted molar refractivity (Wildman–Crippen MR) is 81.5 cm³/mol. The standard InChI is InChI=1S/C16H12ClFN2O/c1-9-8-11(17)4-7-13(9)15-14(16(19)20-21-15)10-2-5-12(18)6-3-10/h2-8H,1H3,(H2,19,20). The molecule has 0 fully saturated rings. The Morgan fingerprint density at radius 1 is 1.14 bits per heavy atom. The predicted octanol–water partition coefficient (Wildman–Crippen LogP) is 4.69. The second-order valence-electron chi connectivity index (χ2n) is 4.74. The van der Waals surface area contributed by atoms with Crippen LogP contribution in [-0.4, -0.2) is 5.16 Å². The molecule has 0 radical (unpaired) electrons. The molecule has 0 aliphatic rings. The molecule has 2 N–H and O–H groups in total. The summed E-state index contributed by atoms with van der Waals surface area (Å²) in [4.78, 5) is 0. The Hall–Kier alpha value is -2.33. The Kier molecular flexibility index (Phi) is 3.39. The molecule has 21 heavy (non-hydrogen) atoms. The van der Waals surface area contributed by atoms with E-state index >= 15 is 0 Å². The molecule has 0 unspecified atom stereocenters. The molecule has 0 saturated carbocycles. The van der Waals surface area contributed by atoms with Gasteiger partial charge in [-0.05, 0) is 48.4 Å². The van der Waals surface area contributed by atoms with E-state index in [-0.39, 0.29) is 11.6 Å². The van der Waals surface area contributed by atoms with Gasteiger partial charge in [0, 0.05) is 10.6 Å². The van der Waals surface area contributed by atoms with Gasteiger partial charge in [-0.3, -0.25) is 0 Å². The van der Waals surface area contributed by atoms with Crippen molar-refractivity contribution in [1.29, 1.82) is 0 Å². The minimum absolute atomic E-state index is 0.269. The van der Waals surface area contributed by atoms with E-state index in [0.29, 0.717) is 16.3 Å². The molecular weight excluding hydrogens is 291 g/mol. The topological polar surface area (TPSA) is 52.0 Å². The van der Waals surface area contributed by atoms with Crippen LogP contribution in [0.2, 0.25) is 5.02 Å². The average molecular weight is 303 g/mol. The van der Waals surface area contributed by atoms with Gasteiger partial charge < -0.3 is 10.3 Å². The first kappa shape index (κ1) is 13.6. The highest BCUT2D eigenvalue weighted by Crippen LogP contribution is 2.38. The van der Waals surface area contributed by atoms with Crippen LogP contribution in [0.4, 0.5) is 10.2 Å². The van der Waals surface area contributed by atoms with Gasteiger partial charge in [-0.2, -0.15) is 0 Å². The average Bonchev–Trinajstić information content (AvgIpc) is 2.82. The molecule has 3 nitrogen and oxygen atoms in total. The van der Waals surface area contributed by atoms with Crippen molar-refractivity contribution >= 4 is 17.4 Å². The molecule has 0 bridgehead atoms. The summed E-state index contributed by atoms with van der Waals surface area (Å²) < 4.78 is 18.5. The van der Waals surface area contributed by atoms with E-state index in [1.165, 1.54) is 12.1 Å². The van der Waals surface area contributed by atoms with Crippen LogP contribution in [0.15, 0.2) is 47.0 Å². The van der Waals surface area contributed by atoms with Gasteiger partial charge in [-0.25, -0.2) is 4.39 Å². The lowest BCUT2D eigenvalue weighted by Crippen LogP contribution is -1.90. The lowest BCUT2D eigenvalue weighted by Gasteiger charge is -2.06. The van der Waals surface area contributed by atoms with Crippen LogP contribution in [0.5, 0.6) is 0 Å². The van der Waals surface area contributed by atoms with E-state index in [4.69, 9.17) is 21.9 Å². The summed E-state index contributed by atoms with van der Waals surface area (Å²) in [5, 5.41) is 4.48. The number of nitrogens with two attached hydrogens (primary N) is 1. The molecule has 2 aromatic carbocycles. The number of nitrogen functional groups attached to an aromatic ring is 1. The summed E-state index contributed by atoms with van der Waals surface area (Å²) in [6.45, 7) is 1.92. The van der Waals surface area contributed by atoms with Gasteiger partial charge in [-0.1, -0.05) is 28.9 Å². The fourth-order valence-electron chi connectivity index (χ4n) is 2.26. The van der Waals surface area contributed by atoms with Gasteiger partial charge in [0.1, 0.15) is 5.82 Å². The fraction of sp³-hybridized carbons (Fsp3) is 0.0625. The Morgan fingerprint density at radius 2 is 1.86 bits per heavy atom. The number of hydrogen-bond acceptors (Lipinski definition) is 3. The summed E-state index contributed by atoms with van der Waals surface area (Å²) in [7, 11) is 0. The van der Waals surface area contributed by atoms with E-state index in [2.05, 4.69) is 5.16 Å². The van der Waals surface area contributed by atoms with E-state index < -0.39 is 0 Å². The second-order valence-corrected chi connectivity index (χ2v) is 5.17. The summed E-state index contributed by atoms with van der Waals surface area (Å²) in [5.41, 5.74) is 9.10. The highest BCUT2D eigenvalue weighted by molar-refractivity contribution is 6.30. The molecule has 106 valence electrons. The number of nitrogens with zero attached hydrogens (tertiary/aromatic N) is 1. The number of benzene rings is 2. The molecule has 1 heterocycles. The SMILES string of the molecule is Cc1cc(Cl)ccc1-c1onc(N)c1-c1ccc(F)cc1. The van der Waals surface area contributed by atoms with Crippen molar-refractivity contribution in [2.75, 3.05) is 5.73 Å². The van der Waals surface area contributed by atoms with Crippen LogP contribution in [0.3, 0.4) is 0 Å². The highest BCUT2D eigenvalue weighted by atomic mass is 35.5. The van der Waals surface area contributed by atoms with Crippen LogP contribution < -0.4 is 5.73 Å². The largest absolute Gasteiger partial charge is 0.380 e. The van der Waals surface area contributed by atoms with Crippen molar-refractivity contribution in [3.05, 3.63) is 58.9 Å². The molecule has 0 spiro atoms. The second kappa shape index (κ2) is 5.22. The van der Waals surface area contributed by atoms with Gasteiger partial charge in [0.05, 0.1) is 5.56 Å². The molecule has 0 aliphatic carbocycles. The Bertz CT molecular complexity index is 797. The van der Waals surface area contributed by atoms with Gasteiger partial charge in [-0.15, -0.1) is 0 Å². The monoisotopic (exact) mass is 302 g/mol. The van der Waals surface area contributed by atoms with Crippen LogP contribution >= 0.6 is 11.6 Å². The fourth-order valence-corrected chi connectivity index (χ4v) is 2.49. The van der Waals surface area contributed by atoms with Crippen LogP contribution in [0.25, 0.3) is 22.5 Å². The Labute approximate surface area is 126 Å².